The van der Waals surface area contributed by atoms with Crippen molar-refractivity contribution in [3.05, 3.63) is 17.0 Å². The second-order valence-corrected chi connectivity index (χ2v) is 8.02. The van der Waals surface area contributed by atoms with Crippen LogP contribution in [0.25, 0.3) is 0 Å². The molecule has 1 aromatic heterocycles. The van der Waals surface area contributed by atoms with Gasteiger partial charge in [-0.25, -0.2) is 13.1 Å². The topological polar surface area (TPSA) is 72.2 Å². The van der Waals surface area contributed by atoms with Crippen LogP contribution in [-0.2, 0) is 16.6 Å². The van der Waals surface area contributed by atoms with Crippen molar-refractivity contribution >= 4 is 21.4 Å². The van der Waals surface area contributed by atoms with E-state index in [1.807, 2.05) is 0 Å². The van der Waals surface area contributed by atoms with Gasteiger partial charge in [-0.15, -0.1) is 11.3 Å². The second kappa shape index (κ2) is 5.69. The van der Waals surface area contributed by atoms with Crippen LogP contribution in [0.15, 0.2) is 16.3 Å². The monoisotopic (exact) mass is 288 g/mol. The summed E-state index contributed by atoms with van der Waals surface area (Å²) in [5, 5.41) is 0. The van der Waals surface area contributed by atoms with Crippen LogP contribution in [-0.4, -0.2) is 14.5 Å². The molecule has 0 aliphatic heterocycles. The minimum absolute atomic E-state index is 0.0761. The van der Waals surface area contributed by atoms with Gasteiger partial charge in [0.2, 0.25) is 10.0 Å². The maximum Gasteiger partial charge on any atom is 0.250 e. The summed E-state index contributed by atoms with van der Waals surface area (Å²) < 4.78 is 27.7. The van der Waals surface area contributed by atoms with Gasteiger partial charge in [0, 0.05) is 17.5 Å². The number of nitrogens with two attached hydrogens (primary N) is 1. The molecule has 2 unspecified atom stereocenters. The van der Waals surface area contributed by atoms with Crippen molar-refractivity contribution in [1.82, 2.24) is 4.72 Å². The SMILES string of the molecule is CC1CCCCC1NS(=O)(=O)c1ccc(CN)s1. The lowest BCUT2D eigenvalue weighted by atomic mass is 9.87. The largest absolute Gasteiger partial charge is 0.326 e. The molecule has 1 heterocycles. The zero-order valence-electron chi connectivity index (χ0n) is 10.6. The van der Waals surface area contributed by atoms with Gasteiger partial charge in [0.15, 0.2) is 0 Å². The Kier molecular flexibility index (Phi) is 4.42. The molecule has 2 rings (SSSR count). The molecule has 0 aromatic carbocycles. The molecule has 102 valence electrons. The van der Waals surface area contributed by atoms with Crippen molar-refractivity contribution < 1.29 is 8.42 Å². The van der Waals surface area contributed by atoms with Crippen LogP contribution in [0, 0.1) is 5.92 Å². The fraction of sp³-hybridized carbons (Fsp3) is 0.667. The van der Waals surface area contributed by atoms with Gasteiger partial charge in [-0.3, -0.25) is 0 Å². The molecule has 0 saturated heterocycles. The first kappa shape index (κ1) is 14.0. The van der Waals surface area contributed by atoms with E-state index >= 15 is 0 Å². The quantitative estimate of drug-likeness (QED) is 0.891. The predicted octanol–water partition coefficient (Wildman–Crippen LogP) is 2.06. The number of rotatable bonds is 4. The average Bonchev–Trinajstić information content (AvgIpc) is 2.81. The lowest BCUT2D eigenvalue weighted by Gasteiger charge is -2.28. The molecule has 1 aromatic rings. The predicted molar refractivity (Wildman–Crippen MR) is 74.0 cm³/mol. The first-order chi connectivity index (χ1) is 8.53. The van der Waals surface area contributed by atoms with E-state index in [0.29, 0.717) is 16.7 Å². The molecule has 0 bridgehead atoms. The van der Waals surface area contributed by atoms with Gasteiger partial charge in [-0.05, 0) is 30.9 Å². The van der Waals surface area contributed by atoms with Gasteiger partial charge >= 0.3 is 0 Å². The number of thiophene rings is 1. The van der Waals surface area contributed by atoms with Gasteiger partial charge in [0.25, 0.3) is 0 Å². The summed E-state index contributed by atoms with van der Waals surface area (Å²) >= 11 is 1.25. The average molecular weight is 288 g/mol. The molecule has 0 amide bonds. The van der Waals surface area contributed by atoms with Crippen LogP contribution in [0.5, 0.6) is 0 Å². The molecular formula is C12H20N2O2S2. The highest BCUT2D eigenvalue weighted by atomic mass is 32.2. The van der Waals surface area contributed by atoms with Crippen molar-refractivity contribution in [3.63, 3.8) is 0 Å². The van der Waals surface area contributed by atoms with Gasteiger partial charge in [-0.1, -0.05) is 19.8 Å². The van der Waals surface area contributed by atoms with Crippen LogP contribution < -0.4 is 10.5 Å². The summed E-state index contributed by atoms with van der Waals surface area (Å²) in [6.45, 7) is 2.51. The molecule has 2 atom stereocenters. The maximum atomic E-state index is 12.2. The molecule has 4 nitrogen and oxygen atoms in total. The van der Waals surface area contributed by atoms with Crippen molar-refractivity contribution in [2.24, 2.45) is 11.7 Å². The lowest BCUT2D eigenvalue weighted by molar-refractivity contribution is 0.310. The third-order valence-electron chi connectivity index (χ3n) is 3.52. The van der Waals surface area contributed by atoms with E-state index in [1.54, 1.807) is 12.1 Å². The number of sulfonamides is 1. The first-order valence-corrected chi connectivity index (χ1v) is 8.64. The summed E-state index contributed by atoms with van der Waals surface area (Å²) in [6.07, 6.45) is 4.35. The standard InChI is InChI=1S/C12H20N2O2S2/c1-9-4-2-3-5-11(9)14-18(15,16)12-7-6-10(8-13)17-12/h6-7,9,11,14H,2-5,8,13H2,1H3. The van der Waals surface area contributed by atoms with Crippen LogP contribution in [0.4, 0.5) is 0 Å². The molecular weight excluding hydrogens is 268 g/mol. The summed E-state index contributed by atoms with van der Waals surface area (Å²) in [6, 6.07) is 3.50. The van der Waals surface area contributed by atoms with Crippen molar-refractivity contribution in [1.29, 1.82) is 0 Å². The highest BCUT2D eigenvalue weighted by Crippen LogP contribution is 2.27. The summed E-state index contributed by atoms with van der Waals surface area (Å²) in [5.41, 5.74) is 5.51. The third kappa shape index (κ3) is 3.12. The van der Waals surface area contributed by atoms with E-state index in [-0.39, 0.29) is 6.04 Å². The summed E-state index contributed by atoms with van der Waals surface area (Å²) in [4.78, 5) is 0.895. The summed E-state index contributed by atoms with van der Waals surface area (Å²) in [7, 11) is -3.37. The van der Waals surface area contributed by atoms with Gasteiger partial charge < -0.3 is 5.73 Å². The second-order valence-electron chi connectivity index (χ2n) is 4.91. The zero-order chi connectivity index (χ0) is 13.2. The van der Waals surface area contributed by atoms with Crippen LogP contribution >= 0.6 is 11.3 Å². The fourth-order valence-electron chi connectivity index (χ4n) is 2.36. The lowest BCUT2D eigenvalue weighted by Crippen LogP contribution is -2.40. The van der Waals surface area contributed by atoms with Gasteiger partial charge in [0.1, 0.15) is 4.21 Å². The normalized spacial score (nSPS) is 25.2. The Bertz CT molecular complexity index is 496. The minimum atomic E-state index is -3.37. The van der Waals surface area contributed by atoms with E-state index in [0.717, 1.165) is 24.1 Å². The van der Waals surface area contributed by atoms with Crippen molar-refractivity contribution in [2.45, 2.75) is 49.4 Å². The fourth-order valence-corrected chi connectivity index (χ4v) is 4.99. The molecule has 0 spiro atoms. The Labute approximate surface area is 113 Å². The first-order valence-electron chi connectivity index (χ1n) is 6.34. The smallest absolute Gasteiger partial charge is 0.250 e. The minimum Gasteiger partial charge on any atom is -0.326 e. The van der Waals surface area contributed by atoms with Gasteiger partial charge in [0.05, 0.1) is 0 Å². The zero-order valence-corrected chi connectivity index (χ0v) is 12.2. The third-order valence-corrected chi connectivity index (χ3v) is 6.61. The molecule has 1 aliphatic carbocycles. The molecule has 18 heavy (non-hydrogen) atoms. The number of hydrogen-bond donors (Lipinski definition) is 2. The maximum absolute atomic E-state index is 12.2. The Morgan fingerprint density at radius 2 is 2.11 bits per heavy atom. The number of nitrogens with one attached hydrogen (secondary N) is 1. The molecule has 6 heteroatoms. The molecule has 1 saturated carbocycles. The highest BCUT2D eigenvalue weighted by molar-refractivity contribution is 7.91. The van der Waals surface area contributed by atoms with Crippen LogP contribution in [0.3, 0.4) is 0 Å². The number of hydrogen-bond acceptors (Lipinski definition) is 4. The van der Waals surface area contributed by atoms with Crippen molar-refractivity contribution in [2.75, 3.05) is 0 Å². The van der Waals surface area contributed by atoms with E-state index in [4.69, 9.17) is 5.73 Å². The molecule has 1 aliphatic rings. The Morgan fingerprint density at radius 3 is 2.72 bits per heavy atom. The molecule has 0 radical (unpaired) electrons. The highest BCUT2D eigenvalue weighted by Gasteiger charge is 2.27. The van der Waals surface area contributed by atoms with Crippen LogP contribution in [0.1, 0.15) is 37.5 Å². The molecule has 3 N–H and O–H groups in total. The van der Waals surface area contributed by atoms with Crippen LogP contribution in [0.2, 0.25) is 0 Å². The molecule has 1 fully saturated rings. The van der Waals surface area contributed by atoms with E-state index in [9.17, 15) is 8.42 Å². The Balaban J connectivity index is 2.11. The summed E-state index contributed by atoms with van der Waals surface area (Å²) in [5.74, 6) is 0.419. The van der Waals surface area contributed by atoms with E-state index < -0.39 is 10.0 Å². The van der Waals surface area contributed by atoms with Crippen molar-refractivity contribution in [3.8, 4) is 0 Å². The Morgan fingerprint density at radius 1 is 1.39 bits per heavy atom. The van der Waals surface area contributed by atoms with Gasteiger partial charge in [-0.2, -0.15) is 0 Å². The van der Waals surface area contributed by atoms with E-state index in [1.165, 1.54) is 17.8 Å². The Hall–Kier alpha value is -0.430. The van der Waals surface area contributed by atoms with E-state index in [2.05, 4.69) is 11.6 Å².